The lowest BCUT2D eigenvalue weighted by atomic mass is 9.96. The summed E-state index contributed by atoms with van der Waals surface area (Å²) >= 11 is 1.42. The first-order valence-corrected chi connectivity index (χ1v) is 8.82. The van der Waals surface area contributed by atoms with Gasteiger partial charge in [-0.15, -0.1) is 11.3 Å². The van der Waals surface area contributed by atoms with Crippen LogP contribution in [0.3, 0.4) is 0 Å². The third-order valence-electron chi connectivity index (χ3n) is 4.06. The Morgan fingerprint density at radius 1 is 1.29 bits per heavy atom. The number of anilines is 2. The summed E-state index contributed by atoms with van der Waals surface area (Å²) in [6.07, 6.45) is 0.862. The molecular formula is C18H21N3O2S. The first-order valence-electron chi connectivity index (χ1n) is 7.94. The smallest absolute Gasteiger partial charge is 0.231 e. The molecule has 0 spiro atoms. The van der Waals surface area contributed by atoms with Gasteiger partial charge in [-0.25, -0.2) is 4.98 Å². The summed E-state index contributed by atoms with van der Waals surface area (Å²) in [6, 6.07) is 6.04. The number of carbonyl (C=O) groups is 2. The van der Waals surface area contributed by atoms with Gasteiger partial charge in [0.25, 0.3) is 0 Å². The number of hydrogen-bond donors (Lipinski definition) is 1. The van der Waals surface area contributed by atoms with Gasteiger partial charge in [0, 0.05) is 35.5 Å². The van der Waals surface area contributed by atoms with Crippen LogP contribution in [0.5, 0.6) is 0 Å². The fourth-order valence-corrected chi connectivity index (χ4v) is 3.35. The molecule has 1 N–H and O–H groups in total. The number of nitrogens with zero attached hydrogens (tertiary/aromatic N) is 2. The minimum atomic E-state index is -0.449. The molecule has 1 aliphatic rings. The van der Waals surface area contributed by atoms with Crippen LogP contribution in [-0.2, 0) is 16.0 Å². The summed E-state index contributed by atoms with van der Waals surface area (Å²) in [5.74, 6) is 0.0248. The third kappa shape index (κ3) is 3.19. The van der Waals surface area contributed by atoms with Gasteiger partial charge in [-0.05, 0) is 24.1 Å². The van der Waals surface area contributed by atoms with Crippen LogP contribution in [0.25, 0.3) is 11.3 Å². The molecule has 24 heavy (non-hydrogen) atoms. The molecule has 0 saturated heterocycles. The molecule has 5 nitrogen and oxygen atoms in total. The van der Waals surface area contributed by atoms with Crippen LogP contribution >= 0.6 is 11.3 Å². The summed E-state index contributed by atoms with van der Waals surface area (Å²) in [5, 5.41) is 5.41. The number of benzene rings is 1. The van der Waals surface area contributed by atoms with Gasteiger partial charge >= 0.3 is 0 Å². The van der Waals surface area contributed by atoms with E-state index in [0.29, 0.717) is 5.13 Å². The number of thiazole rings is 1. The van der Waals surface area contributed by atoms with E-state index in [2.05, 4.69) is 16.4 Å². The van der Waals surface area contributed by atoms with Gasteiger partial charge in [0.05, 0.1) is 5.69 Å². The maximum Gasteiger partial charge on any atom is 0.231 e. The molecule has 6 heteroatoms. The number of rotatable bonds is 2. The number of hydrogen-bond acceptors (Lipinski definition) is 4. The molecule has 2 heterocycles. The van der Waals surface area contributed by atoms with Gasteiger partial charge < -0.3 is 10.2 Å². The van der Waals surface area contributed by atoms with Crippen molar-refractivity contribution in [2.75, 3.05) is 16.8 Å². The molecule has 3 rings (SSSR count). The number of aromatic nitrogens is 1. The van der Waals surface area contributed by atoms with Crippen LogP contribution in [0.1, 0.15) is 33.3 Å². The Kier molecular flexibility index (Phi) is 4.17. The summed E-state index contributed by atoms with van der Waals surface area (Å²) in [5.41, 5.74) is 3.55. The minimum Gasteiger partial charge on any atom is -0.312 e. The van der Waals surface area contributed by atoms with Gasteiger partial charge in [0.1, 0.15) is 0 Å². The Bertz CT molecular complexity index is 805. The lowest BCUT2D eigenvalue weighted by molar-refractivity contribution is -0.123. The van der Waals surface area contributed by atoms with Crippen molar-refractivity contribution < 1.29 is 9.59 Å². The Morgan fingerprint density at radius 2 is 2.04 bits per heavy atom. The Morgan fingerprint density at radius 3 is 2.71 bits per heavy atom. The molecular weight excluding hydrogens is 322 g/mol. The molecule has 1 aromatic carbocycles. The monoisotopic (exact) mass is 343 g/mol. The fourth-order valence-electron chi connectivity index (χ4n) is 2.64. The normalized spacial score (nSPS) is 13.8. The van der Waals surface area contributed by atoms with Crippen LogP contribution in [0.15, 0.2) is 23.6 Å². The van der Waals surface area contributed by atoms with E-state index in [0.717, 1.165) is 35.5 Å². The zero-order chi connectivity index (χ0) is 17.5. The number of fused-ring (bicyclic) bond motifs is 1. The van der Waals surface area contributed by atoms with Gasteiger partial charge in [-0.1, -0.05) is 26.8 Å². The Labute approximate surface area is 145 Å². The SMILES string of the molecule is CC(=O)N1CCc2cc(-c3csc(NC(=O)C(C)(C)C)n3)ccc21. The van der Waals surface area contributed by atoms with Crippen molar-refractivity contribution >= 4 is 34.0 Å². The molecule has 0 radical (unpaired) electrons. The predicted octanol–water partition coefficient (Wildman–Crippen LogP) is 3.70. The van der Waals surface area contributed by atoms with Gasteiger partial charge in [-0.3, -0.25) is 9.59 Å². The van der Waals surface area contributed by atoms with E-state index in [1.807, 2.05) is 38.3 Å². The van der Waals surface area contributed by atoms with E-state index in [4.69, 9.17) is 0 Å². The highest BCUT2D eigenvalue weighted by Gasteiger charge is 2.24. The first-order chi connectivity index (χ1) is 11.3. The Hall–Kier alpha value is -2.21. The zero-order valence-corrected chi connectivity index (χ0v) is 15.2. The van der Waals surface area contributed by atoms with Crippen molar-refractivity contribution in [2.45, 2.75) is 34.1 Å². The van der Waals surface area contributed by atoms with Crippen LogP contribution in [0.2, 0.25) is 0 Å². The van der Waals surface area contributed by atoms with Crippen LogP contribution in [-0.4, -0.2) is 23.3 Å². The first kappa shape index (κ1) is 16.6. The van der Waals surface area contributed by atoms with Crippen molar-refractivity contribution in [1.82, 2.24) is 4.98 Å². The lowest BCUT2D eigenvalue weighted by Crippen LogP contribution is -2.27. The van der Waals surface area contributed by atoms with Crippen LogP contribution in [0.4, 0.5) is 10.8 Å². The molecule has 126 valence electrons. The highest BCUT2D eigenvalue weighted by molar-refractivity contribution is 7.14. The van der Waals surface area contributed by atoms with Crippen molar-refractivity contribution in [3.63, 3.8) is 0 Å². The molecule has 0 bridgehead atoms. The average Bonchev–Trinajstić information content (AvgIpc) is 3.11. The third-order valence-corrected chi connectivity index (χ3v) is 4.81. The molecule has 2 amide bonds. The molecule has 2 aromatic rings. The van der Waals surface area contributed by atoms with Crippen LogP contribution < -0.4 is 10.2 Å². The summed E-state index contributed by atoms with van der Waals surface area (Å²) in [4.78, 5) is 30.0. The summed E-state index contributed by atoms with van der Waals surface area (Å²) < 4.78 is 0. The summed E-state index contributed by atoms with van der Waals surface area (Å²) in [7, 11) is 0. The van der Waals surface area contributed by atoms with E-state index >= 15 is 0 Å². The summed E-state index contributed by atoms with van der Waals surface area (Å²) in [6.45, 7) is 7.94. The number of carbonyl (C=O) groups excluding carboxylic acids is 2. The topological polar surface area (TPSA) is 62.3 Å². The molecule has 1 aromatic heterocycles. The molecule has 1 aliphatic heterocycles. The van der Waals surface area contributed by atoms with E-state index in [1.165, 1.54) is 11.3 Å². The second-order valence-corrected chi connectivity index (χ2v) is 7.86. The minimum absolute atomic E-state index is 0.0468. The van der Waals surface area contributed by atoms with Crippen molar-refractivity contribution in [3.05, 3.63) is 29.1 Å². The second kappa shape index (κ2) is 6.02. The largest absolute Gasteiger partial charge is 0.312 e. The van der Waals surface area contributed by atoms with E-state index in [-0.39, 0.29) is 11.8 Å². The Balaban J connectivity index is 1.82. The van der Waals surface area contributed by atoms with E-state index in [9.17, 15) is 9.59 Å². The quantitative estimate of drug-likeness (QED) is 0.904. The molecule has 0 fully saturated rings. The predicted molar refractivity (Wildman–Crippen MR) is 97.4 cm³/mol. The second-order valence-electron chi connectivity index (χ2n) is 7.01. The van der Waals surface area contributed by atoms with Gasteiger partial charge in [0.15, 0.2) is 5.13 Å². The standard InChI is InChI=1S/C18H21N3O2S/c1-11(22)21-8-7-13-9-12(5-6-15(13)21)14-10-24-17(19-14)20-16(23)18(2,3)4/h5-6,9-10H,7-8H2,1-4H3,(H,19,20,23). The average molecular weight is 343 g/mol. The highest BCUT2D eigenvalue weighted by atomic mass is 32.1. The zero-order valence-electron chi connectivity index (χ0n) is 14.3. The van der Waals surface area contributed by atoms with E-state index in [1.54, 1.807) is 11.8 Å². The number of amides is 2. The maximum atomic E-state index is 12.1. The molecule has 0 unspecified atom stereocenters. The maximum absolute atomic E-state index is 12.1. The molecule has 0 saturated carbocycles. The van der Waals surface area contributed by atoms with Gasteiger partial charge in [0.2, 0.25) is 11.8 Å². The highest BCUT2D eigenvalue weighted by Crippen LogP contribution is 2.33. The molecule has 0 atom stereocenters. The van der Waals surface area contributed by atoms with Crippen LogP contribution in [0, 0.1) is 5.41 Å². The molecule has 0 aliphatic carbocycles. The van der Waals surface area contributed by atoms with Crippen molar-refractivity contribution in [3.8, 4) is 11.3 Å². The van der Waals surface area contributed by atoms with Crippen molar-refractivity contribution in [2.24, 2.45) is 5.41 Å². The fraction of sp³-hybridized carbons (Fsp3) is 0.389. The van der Waals surface area contributed by atoms with Crippen molar-refractivity contribution in [1.29, 1.82) is 0 Å². The number of nitrogens with one attached hydrogen (secondary N) is 1. The van der Waals surface area contributed by atoms with Gasteiger partial charge in [-0.2, -0.15) is 0 Å². The van der Waals surface area contributed by atoms with E-state index < -0.39 is 5.41 Å². The lowest BCUT2D eigenvalue weighted by Gasteiger charge is -2.16.